The third kappa shape index (κ3) is 1.98. The SMILES string of the molecule is CC(C(=O)O)c1nnnn1CC1CCC1. The third-order valence-electron chi connectivity index (χ3n) is 2.97. The van der Waals surface area contributed by atoms with Gasteiger partial charge in [0.25, 0.3) is 0 Å². The van der Waals surface area contributed by atoms with Crippen LogP contribution in [0.3, 0.4) is 0 Å². The monoisotopic (exact) mass is 210 g/mol. The van der Waals surface area contributed by atoms with E-state index >= 15 is 0 Å². The fourth-order valence-corrected chi connectivity index (χ4v) is 1.68. The number of hydrogen-bond acceptors (Lipinski definition) is 4. The molecule has 1 aromatic rings. The van der Waals surface area contributed by atoms with E-state index in [0.29, 0.717) is 11.7 Å². The summed E-state index contributed by atoms with van der Waals surface area (Å²) in [6.45, 7) is 2.35. The highest BCUT2D eigenvalue weighted by Gasteiger charge is 2.24. The summed E-state index contributed by atoms with van der Waals surface area (Å²) in [6.07, 6.45) is 3.65. The second-order valence-electron chi connectivity index (χ2n) is 4.08. The van der Waals surface area contributed by atoms with Gasteiger partial charge in [0, 0.05) is 6.54 Å². The summed E-state index contributed by atoms with van der Waals surface area (Å²) in [7, 11) is 0. The Hall–Kier alpha value is -1.46. The molecule has 1 atom stereocenters. The average molecular weight is 210 g/mol. The summed E-state index contributed by atoms with van der Waals surface area (Å²) in [5, 5.41) is 20.0. The number of nitrogens with zero attached hydrogens (tertiary/aromatic N) is 4. The first kappa shape index (κ1) is 10.1. The first-order valence-corrected chi connectivity index (χ1v) is 5.17. The molecule has 1 N–H and O–H groups in total. The predicted molar refractivity (Wildman–Crippen MR) is 51.2 cm³/mol. The molecule has 0 spiro atoms. The van der Waals surface area contributed by atoms with Crippen LogP contribution in [0.1, 0.15) is 37.9 Å². The van der Waals surface area contributed by atoms with Gasteiger partial charge in [-0.25, -0.2) is 4.68 Å². The van der Waals surface area contributed by atoms with Gasteiger partial charge in [0.05, 0.1) is 0 Å². The fourth-order valence-electron chi connectivity index (χ4n) is 1.68. The van der Waals surface area contributed by atoms with Gasteiger partial charge in [0.1, 0.15) is 5.92 Å². The Balaban J connectivity index is 2.10. The van der Waals surface area contributed by atoms with Crippen LogP contribution in [0.15, 0.2) is 0 Å². The molecule has 1 aromatic heterocycles. The number of carboxylic acids is 1. The molecule has 15 heavy (non-hydrogen) atoms. The summed E-state index contributed by atoms with van der Waals surface area (Å²) in [4.78, 5) is 10.8. The number of rotatable bonds is 4. The van der Waals surface area contributed by atoms with E-state index in [4.69, 9.17) is 5.11 Å². The van der Waals surface area contributed by atoms with Gasteiger partial charge >= 0.3 is 5.97 Å². The van der Waals surface area contributed by atoms with Crippen LogP contribution < -0.4 is 0 Å². The molecule has 0 radical (unpaired) electrons. The molecule has 0 bridgehead atoms. The minimum Gasteiger partial charge on any atom is -0.481 e. The lowest BCUT2D eigenvalue weighted by atomic mass is 9.85. The number of carbonyl (C=O) groups is 1. The Labute approximate surface area is 87.3 Å². The van der Waals surface area contributed by atoms with Crippen molar-refractivity contribution < 1.29 is 9.90 Å². The van der Waals surface area contributed by atoms with Gasteiger partial charge in [0.15, 0.2) is 5.82 Å². The van der Waals surface area contributed by atoms with Gasteiger partial charge in [-0.3, -0.25) is 4.79 Å². The smallest absolute Gasteiger partial charge is 0.314 e. The molecule has 1 unspecified atom stereocenters. The summed E-state index contributed by atoms with van der Waals surface area (Å²) in [6, 6.07) is 0. The lowest BCUT2D eigenvalue weighted by Gasteiger charge is -2.25. The summed E-state index contributed by atoms with van der Waals surface area (Å²) < 4.78 is 1.63. The Kier molecular flexibility index (Phi) is 2.66. The van der Waals surface area contributed by atoms with E-state index in [1.807, 2.05) is 0 Å². The lowest BCUT2D eigenvalue weighted by Crippen LogP contribution is -2.22. The van der Waals surface area contributed by atoms with Crippen molar-refractivity contribution in [1.82, 2.24) is 20.2 Å². The molecular weight excluding hydrogens is 196 g/mol. The van der Waals surface area contributed by atoms with Crippen LogP contribution in [-0.2, 0) is 11.3 Å². The van der Waals surface area contributed by atoms with E-state index in [-0.39, 0.29) is 0 Å². The summed E-state index contributed by atoms with van der Waals surface area (Å²) in [5.41, 5.74) is 0. The van der Waals surface area contributed by atoms with E-state index in [0.717, 1.165) is 6.54 Å². The summed E-state index contributed by atoms with van der Waals surface area (Å²) >= 11 is 0. The van der Waals surface area contributed by atoms with Crippen LogP contribution in [0.5, 0.6) is 0 Å². The molecule has 0 amide bonds. The molecule has 0 aromatic carbocycles. The molecule has 2 rings (SSSR count). The molecular formula is C9H14N4O2. The standard InChI is InChI=1S/C9H14N4O2/c1-6(9(14)15)8-10-11-12-13(8)5-7-3-2-4-7/h6-7H,2-5H2,1H3,(H,14,15). The highest BCUT2D eigenvalue weighted by Crippen LogP contribution is 2.28. The molecule has 1 heterocycles. The van der Waals surface area contributed by atoms with Crippen molar-refractivity contribution >= 4 is 5.97 Å². The fraction of sp³-hybridized carbons (Fsp3) is 0.778. The third-order valence-corrected chi connectivity index (χ3v) is 2.97. The predicted octanol–water partition coefficient (Wildman–Crippen LogP) is 0.661. The second-order valence-corrected chi connectivity index (χ2v) is 4.08. The molecule has 0 saturated heterocycles. The number of tetrazole rings is 1. The quantitative estimate of drug-likeness (QED) is 0.789. The van der Waals surface area contributed by atoms with Gasteiger partial charge in [-0.05, 0) is 36.1 Å². The van der Waals surface area contributed by atoms with Crippen molar-refractivity contribution in [3.05, 3.63) is 5.82 Å². The Morgan fingerprint density at radius 2 is 2.40 bits per heavy atom. The van der Waals surface area contributed by atoms with Gasteiger partial charge in [-0.2, -0.15) is 0 Å². The van der Waals surface area contributed by atoms with E-state index in [1.54, 1.807) is 11.6 Å². The Morgan fingerprint density at radius 3 is 2.93 bits per heavy atom. The Bertz CT molecular complexity index is 359. The summed E-state index contributed by atoms with van der Waals surface area (Å²) in [5.74, 6) is -0.456. The molecule has 6 heteroatoms. The van der Waals surface area contributed by atoms with Crippen LogP contribution in [0.2, 0.25) is 0 Å². The van der Waals surface area contributed by atoms with E-state index < -0.39 is 11.9 Å². The molecule has 0 aliphatic heterocycles. The highest BCUT2D eigenvalue weighted by atomic mass is 16.4. The van der Waals surface area contributed by atoms with Gasteiger partial charge < -0.3 is 5.11 Å². The highest BCUT2D eigenvalue weighted by molar-refractivity contribution is 5.74. The van der Waals surface area contributed by atoms with Gasteiger partial charge in [-0.15, -0.1) is 5.10 Å². The van der Waals surface area contributed by atoms with Crippen LogP contribution in [0.4, 0.5) is 0 Å². The molecule has 82 valence electrons. The number of aliphatic carboxylic acids is 1. The topological polar surface area (TPSA) is 80.9 Å². The molecule has 1 saturated carbocycles. The maximum Gasteiger partial charge on any atom is 0.314 e. The maximum atomic E-state index is 10.8. The van der Waals surface area contributed by atoms with Crippen molar-refractivity contribution in [3.63, 3.8) is 0 Å². The van der Waals surface area contributed by atoms with Crippen LogP contribution in [-0.4, -0.2) is 31.3 Å². The van der Waals surface area contributed by atoms with Gasteiger partial charge in [0.2, 0.25) is 0 Å². The van der Waals surface area contributed by atoms with Crippen molar-refractivity contribution in [2.24, 2.45) is 5.92 Å². The largest absolute Gasteiger partial charge is 0.481 e. The zero-order valence-corrected chi connectivity index (χ0v) is 8.63. The van der Waals surface area contributed by atoms with E-state index in [2.05, 4.69) is 15.5 Å². The lowest BCUT2D eigenvalue weighted by molar-refractivity contribution is -0.138. The minimum atomic E-state index is -0.889. The van der Waals surface area contributed by atoms with E-state index in [1.165, 1.54) is 19.3 Å². The first-order valence-electron chi connectivity index (χ1n) is 5.17. The number of hydrogen-bond donors (Lipinski definition) is 1. The zero-order chi connectivity index (χ0) is 10.8. The maximum absolute atomic E-state index is 10.8. The normalized spacial score (nSPS) is 18.5. The van der Waals surface area contributed by atoms with Crippen molar-refractivity contribution in [3.8, 4) is 0 Å². The number of aromatic nitrogens is 4. The minimum absolute atomic E-state index is 0.453. The Morgan fingerprint density at radius 1 is 1.67 bits per heavy atom. The van der Waals surface area contributed by atoms with Crippen molar-refractivity contribution in [1.29, 1.82) is 0 Å². The molecule has 1 fully saturated rings. The average Bonchev–Trinajstić information content (AvgIpc) is 2.57. The second kappa shape index (κ2) is 3.96. The van der Waals surface area contributed by atoms with Crippen LogP contribution in [0.25, 0.3) is 0 Å². The zero-order valence-electron chi connectivity index (χ0n) is 8.63. The van der Waals surface area contributed by atoms with Crippen molar-refractivity contribution in [2.45, 2.75) is 38.6 Å². The van der Waals surface area contributed by atoms with Crippen molar-refractivity contribution in [2.75, 3.05) is 0 Å². The first-order chi connectivity index (χ1) is 7.18. The molecule has 1 aliphatic rings. The number of carboxylic acid groups (broad SMARTS) is 1. The van der Waals surface area contributed by atoms with Crippen LogP contribution in [0, 0.1) is 5.92 Å². The van der Waals surface area contributed by atoms with E-state index in [9.17, 15) is 4.79 Å². The van der Waals surface area contributed by atoms with Crippen LogP contribution >= 0.6 is 0 Å². The molecule has 6 nitrogen and oxygen atoms in total. The molecule has 1 aliphatic carbocycles. The van der Waals surface area contributed by atoms with Gasteiger partial charge in [-0.1, -0.05) is 6.42 Å².